The summed E-state index contributed by atoms with van der Waals surface area (Å²) in [6.07, 6.45) is 2.67. The highest BCUT2D eigenvalue weighted by atomic mass is 32.2. The number of thioether (sulfide) groups is 1. The summed E-state index contributed by atoms with van der Waals surface area (Å²) in [4.78, 5) is 5.99. The lowest BCUT2D eigenvalue weighted by Crippen LogP contribution is -2.35. The van der Waals surface area contributed by atoms with Crippen molar-refractivity contribution in [2.24, 2.45) is 0 Å². The molecule has 0 aromatic carbocycles. The van der Waals surface area contributed by atoms with Crippen molar-refractivity contribution in [3.05, 3.63) is 15.6 Å². The van der Waals surface area contributed by atoms with Gasteiger partial charge in [-0.05, 0) is 39.4 Å². The van der Waals surface area contributed by atoms with Crippen LogP contribution in [0, 0.1) is 13.8 Å². The average Bonchev–Trinajstić information content (AvgIpc) is 2.59. The lowest BCUT2D eigenvalue weighted by molar-refractivity contribution is 0.447. The van der Waals surface area contributed by atoms with E-state index in [4.69, 9.17) is 0 Å². The van der Waals surface area contributed by atoms with E-state index < -0.39 is 0 Å². The third kappa shape index (κ3) is 2.99. The van der Waals surface area contributed by atoms with Gasteiger partial charge in [-0.25, -0.2) is 4.98 Å². The topological polar surface area (TPSA) is 24.9 Å². The lowest BCUT2D eigenvalue weighted by Gasteiger charge is -2.25. The molecule has 1 aromatic heterocycles. The number of aryl methyl sites for hydroxylation is 2. The number of nitrogens with zero attached hydrogens (tertiary/aromatic N) is 1. The molecule has 2 unspecified atom stereocenters. The number of hydrogen-bond donors (Lipinski definition) is 1. The molecule has 2 rings (SSSR count). The standard InChI is InChI=1S/C12H20N2S2/c1-8(12-9(2)16-10(3)14-12)13-11-5-4-6-15-7-11/h8,11,13H,4-7H2,1-3H3. The first kappa shape index (κ1) is 12.4. The second kappa shape index (κ2) is 5.52. The zero-order chi connectivity index (χ0) is 11.5. The van der Waals surface area contributed by atoms with Gasteiger partial charge < -0.3 is 5.32 Å². The highest BCUT2D eigenvalue weighted by Gasteiger charge is 2.19. The van der Waals surface area contributed by atoms with Crippen LogP contribution in [0.25, 0.3) is 0 Å². The van der Waals surface area contributed by atoms with Gasteiger partial charge in [0.1, 0.15) is 0 Å². The van der Waals surface area contributed by atoms with Crippen molar-refractivity contribution in [2.45, 2.75) is 45.7 Å². The molecule has 0 amide bonds. The molecule has 1 fully saturated rings. The Labute approximate surface area is 106 Å². The highest BCUT2D eigenvalue weighted by Crippen LogP contribution is 2.25. The fraction of sp³-hybridized carbons (Fsp3) is 0.750. The zero-order valence-electron chi connectivity index (χ0n) is 10.2. The van der Waals surface area contributed by atoms with Crippen molar-refractivity contribution in [1.29, 1.82) is 0 Å². The van der Waals surface area contributed by atoms with Crippen molar-refractivity contribution in [2.75, 3.05) is 11.5 Å². The molecular weight excluding hydrogens is 236 g/mol. The van der Waals surface area contributed by atoms with E-state index in [0.29, 0.717) is 12.1 Å². The Balaban J connectivity index is 1.96. The Morgan fingerprint density at radius 2 is 2.25 bits per heavy atom. The summed E-state index contributed by atoms with van der Waals surface area (Å²) >= 11 is 3.87. The molecule has 1 aliphatic rings. The minimum Gasteiger partial charge on any atom is -0.305 e. The van der Waals surface area contributed by atoms with Crippen LogP contribution in [0.15, 0.2) is 0 Å². The highest BCUT2D eigenvalue weighted by molar-refractivity contribution is 7.99. The third-order valence-corrected chi connectivity index (χ3v) is 5.11. The van der Waals surface area contributed by atoms with Crippen molar-refractivity contribution < 1.29 is 0 Å². The van der Waals surface area contributed by atoms with E-state index in [1.54, 1.807) is 11.3 Å². The quantitative estimate of drug-likeness (QED) is 0.898. The molecule has 2 heterocycles. The maximum Gasteiger partial charge on any atom is 0.0900 e. The molecule has 2 atom stereocenters. The van der Waals surface area contributed by atoms with Crippen LogP contribution in [0.1, 0.15) is 41.4 Å². The summed E-state index contributed by atoms with van der Waals surface area (Å²) in [5.41, 5.74) is 1.25. The summed E-state index contributed by atoms with van der Waals surface area (Å²) in [7, 11) is 0. The second-order valence-corrected chi connectivity index (χ2v) is 7.03. The van der Waals surface area contributed by atoms with Gasteiger partial charge in [0.2, 0.25) is 0 Å². The van der Waals surface area contributed by atoms with Crippen molar-refractivity contribution in [3.8, 4) is 0 Å². The molecule has 1 saturated heterocycles. The van der Waals surface area contributed by atoms with E-state index in [1.807, 2.05) is 0 Å². The Bertz CT molecular complexity index is 343. The van der Waals surface area contributed by atoms with Crippen LogP contribution < -0.4 is 5.32 Å². The molecule has 1 N–H and O–H groups in total. The fourth-order valence-electron chi connectivity index (χ4n) is 2.25. The first-order chi connectivity index (χ1) is 7.66. The average molecular weight is 256 g/mol. The molecule has 90 valence electrons. The Kier molecular flexibility index (Phi) is 4.27. The Morgan fingerprint density at radius 1 is 1.44 bits per heavy atom. The van der Waals surface area contributed by atoms with Gasteiger partial charge in [0.15, 0.2) is 0 Å². The number of hydrogen-bond acceptors (Lipinski definition) is 4. The molecule has 0 aliphatic carbocycles. The monoisotopic (exact) mass is 256 g/mol. The fourth-order valence-corrected chi connectivity index (χ4v) is 4.25. The molecule has 0 spiro atoms. The summed E-state index contributed by atoms with van der Waals surface area (Å²) in [6, 6.07) is 1.07. The number of nitrogens with one attached hydrogen (secondary N) is 1. The first-order valence-electron chi connectivity index (χ1n) is 5.94. The minimum absolute atomic E-state index is 0.397. The molecule has 1 aromatic rings. The number of thiazole rings is 1. The van der Waals surface area contributed by atoms with E-state index >= 15 is 0 Å². The van der Waals surface area contributed by atoms with Crippen LogP contribution in [-0.4, -0.2) is 22.5 Å². The van der Waals surface area contributed by atoms with Crippen LogP contribution in [0.4, 0.5) is 0 Å². The van der Waals surface area contributed by atoms with Gasteiger partial charge in [-0.3, -0.25) is 0 Å². The SMILES string of the molecule is Cc1nc(C(C)NC2CCCSC2)c(C)s1. The Hall–Kier alpha value is -0.0600. The van der Waals surface area contributed by atoms with Gasteiger partial charge in [0, 0.05) is 22.7 Å². The van der Waals surface area contributed by atoms with Gasteiger partial charge in [0.25, 0.3) is 0 Å². The predicted octanol–water partition coefficient (Wildman–Crippen LogP) is 3.31. The maximum atomic E-state index is 4.62. The molecule has 0 bridgehead atoms. The second-order valence-electron chi connectivity index (χ2n) is 4.48. The number of rotatable bonds is 3. The van der Waals surface area contributed by atoms with Gasteiger partial charge >= 0.3 is 0 Å². The predicted molar refractivity (Wildman–Crippen MR) is 73.5 cm³/mol. The molecule has 2 nitrogen and oxygen atoms in total. The summed E-state index contributed by atoms with van der Waals surface area (Å²) in [5, 5.41) is 4.89. The molecular formula is C12H20N2S2. The van der Waals surface area contributed by atoms with Crippen LogP contribution >= 0.6 is 23.1 Å². The van der Waals surface area contributed by atoms with E-state index in [9.17, 15) is 0 Å². The molecule has 0 saturated carbocycles. The summed E-state index contributed by atoms with van der Waals surface area (Å²) in [5.74, 6) is 2.59. The molecule has 16 heavy (non-hydrogen) atoms. The van der Waals surface area contributed by atoms with Crippen LogP contribution in [0.2, 0.25) is 0 Å². The Morgan fingerprint density at radius 3 is 2.81 bits per heavy atom. The van der Waals surface area contributed by atoms with Crippen LogP contribution in [0.5, 0.6) is 0 Å². The van der Waals surface area contributed by atoms with E-state index in [0.717, 1.165) is 0 Å². The van der Waals surface area contributed by atoms with E-state index in [1.165, 1.54) is 39.9 Å². The molecule has 4 heteroatoms. The van der Waals surface area contributed by atoms with E-state index in [2.05, 4.69) is 42.8 Å². The smallest absolute Gasteiger partial charge is 0.0900 e. The van der Waals surface area contributed by atoms with Gasteiger partial charge in [-0.15, -0.1) is 11.3 Å². The summed E-state index contributed by atoms with van der Waals surface area (Å²) < 4.78 is 0. The van der Waals surface area contributed by atoms with Gasteiger partial charge in [-0.1, -0.05) is 0 Å². The first-order valence-corrected chi connectivity index (χ1v) is 7.91. The largest absolute Gasteiger partial charge is 0.305 e. The zero-order valence-corrected chi connectivity index (χ0v) is 11.9. The van der Waals surface area contributed by atoms with Crippen molar-refractivity contribution in [1.82, 2.24) is 10.3 Å². The van der Waals surface area contributed by atoms with E-state index in [-0.39, 0.29) is 0 Å². The molecule has 0 radical (unpaired) electrons. The van der Waals surface area contributed by atoms with Crippen molar-refractivity contribution >= 4 is 23.1 Å². The molecule has 1 aliphatic heterocycles. The lowest BCUT2D eigenvalue weighted by atomic mass is 10.1. The maximum absolute atomic E-state index is 4.62. The summed E-state index contributed by atoms with van der Waals surface area (Å²) in [6.45, 7) is 6.50. The van der Waals surface area contributed by atoms with Crippen molar-refractivity contribution in [3.63, 3.8) is 0 Å². The van der Waals surface area contributed by atoms with Crippen LogP contribution in [0.3, 0.4) is 0 Å². The normalized spacial score (nSPS) is 23.3. The van der Waals surface area contributed by atoms with Crippen LogP contribution in [-0.2, 0) is 0 Å². The minimum atomic E-state index is 0.397. The van der Waals surface area contributed by atoms with Gasteiger partial charge in [-0.2, -0.15) is 11.8 Å². The number of aromatic nitrogens is 1. The third-order valence-electron chi connectivity index (χ3n) is 3.00. The van der Waals surface area contributed by atoms with Gasteiger partial charge in [0.05, 0.1) is 10.7 Å².